The number of rotatable bonds is 4. The van der Waals surface area contributed by atoms with E-state index in [0.717, 1.165) is 0 Å². The van der Waals surface area contributed by atoms with Gasteiger partial charge in [-0.1, -0.05) is 0 Å². The zero-order valence-corrected chi connectivity index (χ0v) is 12.0. The number of amides is 4. The summed E-state index contributed by atoms with van der Waals surface area (Å²) in [7, 11) is 0. The van der Waals surface area contributed by atoms with Crippen LogP contribution in [-0.4, -0.2) is 50.3 Å². The van der Waals surface area contributed by atoms with Gasteiger partial charge in [-0.3, -0.25) is 9.11 Å². The molecule has 2 unspecified atom stereocenters. The fraction of sp³-hybridized carbons (Fsp3) is 0.750. The van der Waals surface area contributed by atoms with E-state index in [1.807, 2.05) is 0 Å². The maximum absolute atomic E-state index is 11.1. The Morgan fingerprint density at radius 1 is 0.850 bits per heavy atom. The van der Waals surface area contributed by atoms with Gasteiger partial charge in [0.1, 0.15) is 0 Å². The van der Waals surface area contributed by atoms with Crippen LogP contribution in [0, 0.1) is 0 Å². The van der Waals surface area contributed by atoms with E-state index in [9.17, 15) is 18.0 Å². The molecule has 0 heterocycles. The van der Waals surface area contributed by atoms with Crippen molar-refractivity contribution in [1.29, 1.82) is 0 Å². The first kappa shape index (κ1) is 16.8. The molecule has 1 aliphatic rings. The van der Waals surface area contributed by atoms with Gasteiger partial charge in [-0.15, -0.1) is 0 Å². The summed E-state index contributed by atoms with van der Waals surface area (Å²) in [4.78, 5) is 22.2. The molecule has 1 fully saturated rings. The van der Waals surface area contributed by atoms with E-state index in [-0.39, 0.29) is 25.7 Å². The molecule has 0 bridgehead atoms. The molecule has 0 aromatic heterocycles. The fourth-order valence-electron chi connectivity index (χ4n) is 2.30. The number of nitrogens with zero attached hydrogens (tertiary/aromatic N) is 2. The number of hydrogen-bond acceptors (Lipinski definition) is 4. The Balaban J connectivity index is 2.72. The lowest BCUT2D eigenvalue weighted by Crippen LogP contribution is -2.50. The molecule has 1 saturated carbocycles. The third-order valence-corrected chi connectivity index (χ3v) is 4.73. The minimum Gasteiger partial charge on any atom is -0.351 e. The molecule has 0 saturated heterocycles. The Hall–Kier alpha value is -1.24. The highest BCUT2D eigenvalue weighted by molar-refractivity contribution is 7.77. The number of carbonyl (C=O) groups is 2. The summed E-state index contributed by atoms with van der Waals surface area (Å²) >= 11 is -5.05. The quantitative estimate of drug-likeness (QED) is 0.499. The number of urea groups is 2. The topological polar surface area (TPSA) is 167 Å². The van der Waals surface area contributed by atoms with Gasteiger partial charge in [0.2, 0.25) is 0 Å². The molecule has 0 spiro atoms. The molecule has 1 rings (SSSR count). The van der Waals surface area contributed by atoms with E-state index in [1.54, 1.807) is 0 Å². The third-order valence-electron chi connectivity index (χ3n) is 3.10. The molecule has 20 heavy (non-hydrogen) atoms. The van der Waals surface area contributed by atoms with Gasteiger partial charge in [-0.2, -0.15) is 0 Å². The van der Waals surface area contributed by atoms with Gasteiger partial charge in [0, 0.05) is 12.1 Å². The summed E-state index contributed by atoms with van der Waals surface area (Å²) < 4.78 is 41.4. The molecular weight excluding hydrogens is 312 g/mol. The van der Waals surface area contributed by atoms with Crippen LogP contribution in [-0.2, 0) is 22.5 Å². The zero-order valence-electron chi connectivity index (χ0n) is 10.4. The zero-order chi connectivity index (χ0) is 15.4. The second kappa shape index (κ2) is 6.97. The van der Waals surface area contributed by atoms with Gasteiger partial charge < -0.3 is 11.5 Å². The van der Waals surface area contributed by atoms with Crippen LogP contribution >= 0.6 is 0 Å². The van der Waals surface area contributed by atoms with Crippen molar-refractivity contribution in [3.8, 4) is 0 Å². The van der Waals surface area contributed by atoms with Crippen molar-refractivity contribution >= 4 is 34.6 Å². The number of hydrogen-bond donors (Lipinski definition) is 4. The molecular formula is C8H16N4O6S2. The van der Waals surface area contributed by atoms with E-state index >= 15 is 0 Å². The predicted octanol–water partition coefficient (Wildman–Crippen LogP) is -0.668. The predicted molar refractivity (Wildman–Crippen MR) is 70.4 cm³/mol. The van der Waals surface area contributed by atoms with Gasteiger partial charge in [-0.25, -0.2) is 26.6 Å². The molecule has 0 aromatic rings. The maximum Gasteiger partial charge on any atom is 0.328 e. The standard InChI is InChI=1S/C8H16N4O6S2/c9-7(13)11(19(15)16)5-1-2-6(4-3-5)12(8(10)14)20(17)18/h5-6H,1-4H2,(H2,9,13)(H2,10,14)(H,15,16)(H,17,18). The van der Waals surface area contributed by atoms with Crippen LogP contribution in [0.2, 0.25) is 0 Å². The van der Waals surface area contributed by atoms with Gasteiger partial charge in [-0.05, 0) is 25.7 Å². The van der Waals surface area contributed by atoms with Crippen LogP contribution in [0.4, 0.5) is 9.59 Å². The van der Waals surface area contributed by atoms with Gasteiger partial charge in [0.05, 0.1) is 0 Å². The molecule has 0 radical (unpaired) electrons. The monoisotopic (exact) mass is 328 g/mol. The van der Waals surface area contributed by atoms with E-state index in [1.165, 1.54) is 0 Å². The largest absolute Gasteiger partial charge is 0.351 e. The molecule has 6 N–H and O–H groups in total. The first-order chi connectivity index (χ1) is 9.25. The molecule has 4 amide bonds. The summed E-state index contributed by atoms with van der Waals surface area (Å²) in [6.45, 7) is 0. The second-order valence-electron chi connectivity index (χ2n) is 4.25. The van der Waals surface area contributed by atoms with Crippen LogP contribution in [0.3, 0.4) is 0 Å². The van der Waals surface area contributed by atoms with E-state index in [4.69, 9.17) is 20.6 Å². The summed E-state index contributed by atoms with van der Waals surface area (Å²) in [5.74, 6) is 0. The fourth-order valence-corrected chi connectivity index (χ4v) is 3.54. The van der Waals surface area contributed by atoms with Crippen molar-refractivity contribution in [3.63, 3.8) is 0 Å². The van der Waals surface area contributed by atoms with Crippen LogP contribution in [0.25, 0.3) is 0 Å². The van der Waals surface area contributed by atoms with Crippen LogP contribution < -0.4 is 11.5 Å². The summed E-state index contributed by atoms with van der Waals surface area (Å²) in [6, 6.07) is -3.16. The first-order valence-electron chi connectivity index (χ1n) is 5.65. The Bertz CT molecular complexity index is 371. The Morgan fingerprint density at radius 3 is 1.25 bits per heavy atom. The van der Waals surface area contributed by atoms with E-state index in [2.05, 4.69) is 0 Å². The van der Waals surface area contributed by atoms with Crippen molar-refractivity contribution in [2.75, 3.05) is 0 Å². The van der Waals surface area contributed by atoms with Crippen molar-refractivity contribution < 1.29 is 27.1 Å². The lowest BCUT2D eigenvalue weighted by Gasteiger charge is -2.36. The molecule has 12 heteroatoms. The van der Waals surface area contributed by atoms with Crippen molar-refractivity contribution in [2.24, 2.45) is 11.5 Å². The number of primary amides is 2. The average molecular weight is 328 g/mol. The molecule has 0 aliphatic heterocycles. The maximum atomic E-state index is 11.1. The average Bonchev–Trinajstić information content (AvgIpc) is 2.29. The van der Waals surface area contributed by atoms with Crippen molar-refractivity contribution in [2.45, 2.75) is 37.8 Å². The lowest BCUT2D eigenvalue weighted by atomic mass is 9.91. The smallest absolute Gasteiger partial charge is 0.328 e. The molecule has 116 valence electrons. The minimum atomic E-state index is -2.53. The molecule has 0 aromatic carbocycles. The second-order valence-corrected chi connectivity index (χ2v) is 5.96. The Kier molecular flexibility index (Phi) is 5.86. The lowest BCUT2D eigenvalue weighted by molar-refractivity contribution is 0.177. The minimum absolute atomic E-state index is 0.265. The normalized spacial score (nSPS) is 25.5. The van der Waals surface area contributed by atoms with Crippen molar-refractivity contribution in [3.05, 3.63) is 0 Å². The number of nitrogens with two attached hydrogens (primary N) is 2. The van der Waals surface area contributed by atoms with Gasteiger partial charge in [0.25, 0.3) is 22.5 Å². The Morgan fingerprint density at radius 2 is 1.10 bits per heavy atom. The first-order valence-corrected chi connectivity index (χ1v) is 7.77. The third kappa shape index (κ3) is 3.88. The summed E-state index contributed by atoms with van der Waals surface area (Å²) in [5, 5.41) is 0. The van der Waals surface area contributed by atoms with Crippen molar-refractivity contribution in [1.82, 2.24) is 8.61 Å². The highest BCUT2D eigenvalue weighted by Gasteiger charge is 2.35. The molecule has 1 aliphatic carbocycles. The van der Waals surface area contributed by atoms with Crippen LogP contribution in [0.1, 0.15) is 25.7 Å². The van der Waals surface area contributed by atoms with Crippen LogP contribution in [0.5, 0.6) is 0 Å². The summed E-state index contributed by atoms with van der Waals surface area (Å²) in [6.07, 6.45) is 1.06. The molecule has 2 atom stereocenters. The molecule has 10 nitrogen and oxygen atoms in total. The van der Waals surface area contributed by atoms with Gasteiger partial charge >= 0.3 is 12.1 Å². The highest BCUT2D eigenvalue weighted by Crippen LogP contribution is 2.27. The van der Waals surface area contributed by atoms with Crippen LogP contribution in [0.15, 0.2) is 0 Å². The Labute approximate surface area is 120 Å². The van der Waals surface area contributed by atoms with E-state index in [0.29, 0.717) is 8.61 Å². The number of carbonyl (C=O) groups excluding carboxylic acids is 2. The van der Waals surface area contributed by atoms with Gasteiger partial charge in [0.15, 0.2) is 0 Å². The summed E-state index contributed by atoms with van der Waals surface area (Å²) in [5.41, 5.74) is 10.0. The SMILES string of the molecule is NC(=O)N(C1CCC(N(C(N)=O)S(=O)O)CC1)S(=O)O. The van der Waals surface area contributed by atoms with E-state index < -0.39 is 46.7 Å². The highest BCUT2D eigenvalue weighted by atomic mass is 32.2.